The first-order valence-corrected chi connectivity index (χ1v) is 8.13. The standard InChI is InChI=1S/C18H28N2O/c1-18(2)12-7-6-11-16(18)17(21)20(14-8-13-19)15-9-4-3-5-10-15/h3-5,9-10,16H,6-8,11-14,19H2,1-2H3. The molecule has 0 aliphatic heterocycles. The summed E-state index contributed by atoms with van der Waals surface area (Å²) in [5.74, 6) is 0.406. The fourth-order valence-electron chi connectivity index (χ4n) is 3.36. The van der Waals surface area contributed by atoms with Gasteiger partial charge in [-0.25, -0.2) is 0 Å². The van der Waals surface area contributed by atoms with Gasteiger partial charge in [0, 0.05) is 18.2 Å². The van der Waals surface area contributed by atoms with Gasteiger partial charge in [-0.15, -0.1) is 0 Å². The number of carbonyl (C=O) groups is 1. The number of rotatable bonds is 5. The molecule has 0 radical (unpaired) electrons. The van der Waals surface area contributed by atoms with Crippen molar-refractivity contribution < 1.29 is 4.79 Å². The van der Waals surface area contributed by atoms with Crippen LogP contribution in [0.15, 0.2) is 30.3 Å². The van der Waals surface area contributed by atoms with Gasteiger partial charge in [0.2, 0.25) is 5.91 Å². The maximum absolute atomic E-state index is 13.1. The number of anilines is 1. The highest BCUT2D eigenvalue weighted by Crippen LogP contribution is 2.42. The average Bonchev–Trinajstić information content (AvgIpc) is 2.48. The molecule has 2 N–H and O–H groups in total. The molecule has 1 unspecified atom stereocenters. The van der Waals surface area contributed by atoms with Crippen LogP contribution in [0, 0.1) is 11.3 Å². The molecule has 0 aromatic heterocycles. The van der Waals surface area contributed by atoms with Crippen LogP contribution < -0.4 is 10.6 Å². The molecule has 1 amide bonds. The lowest BCUT2D eigenvalue weighted by Crippen LogP contribution is -2.44. The second-order valence-electron chi connectivity index (χ2n) is 6.75. The first-order valence-electron chi connectivity index (χ1n) is 8.13. The zero-order chi connectivity index (χ0) is 15.3. The van der Waals surface area contributed by atoms with Crippen LogP contribution in [0.2, 0.25) is 0 Å². The molecule has 0 heterocycles. The number of amides is 1. The highest BCUT2D eigenvalue weighted by Gasteiger charge is 2.39. The Bertz CT molecular complexity index is 456. The van der Waals surface area contributed by atoms with E-state index in [-0.39, 0.29) is 17.2 Å². The molecular weight excluding hydrogens is 260 g/mol. The number of hydrogen-bond acceptors (Lipinski definition) is 2. The molecule has 1 fully saturated rings. The molecular formula is C18H28N2O. The maximum atomic E-state index is 13.1. The molecule has 1 aromatic rings. The smallest absolute Gasteiger partial charge is 0.230 e. The lowest BCUT2D eigenvalue weighted by molar-refractivity contribution is -0.127. The zero-order valence-corrected chi connectivity index (χ0v) is 13.3. The molecule has 1 aliphatic rings. The van der Waals surface area contributed by atoms with E-state index in [4.69, 9.17) is 5.73 Å². The van der Waals surface area contributed by atoms with Crippen molar-refractivity contribution in [3.63, 3.8) is 0 Å². The maximum Gasteiger partial charge on any atom is 0.230 e. The van der Waals surface area contributed by atoms with Gasteiger partial charge < -0.3 is 10.6 Å². The minimum Gasteiger partial charge on any atom is -0.330 e. The molecule has 0 bridgehead atoms. The molecule has 1 saturated carbocycles. The van der Waals surface area contributed by atoms with E-state index >= 15 is 0 Å². The quantitative estimate of drug-likeness (QED) is 0.900. The van der Waals surface area contributed by atoms with Crippen LogP contribution in [0.1, 0.15) is 46.0 Å². The van der Waals surface area contributed by atoms with Gasteiger partial charge in [0.1, 0.15) is 0 Å². The first-order chi connectivity index (χ1) is 10.1. The fraction of sp³-hybridized carbons (Fsp3) is 0.611. The molecule has 21 heavy (non-hydrogen) atoms. The average molecular weight is 288 g/mol. The van der Waals surface area contributed by atoms with Crippen molar-refractivity contribution in [1.82, 2.24) is 0 Å². The zero-order valence-electron chi connectivity index (χ0n) is 13.3. The Morgan fingerprint density at radius 3 is 2.62 bits per heavy atom. The number of para-hydroxylation sites is 1. The van der Waals surface area contributed by atoms with E-state index in [0.29, 0.717) is 13.1 Å². The van der Waals surface area contributed by atoms with Gasteiger partial charge in [-0.1, -0.05) is 44.9 Å². The Hall–Kier alpha value is -1.35. The van der Waals surface area contributed by atoms with Crippen LogP contribution >= 0.6 is 0 Å². The number of nitrogens with zero attached hydrogens (tertiary/aromatic N) is 1. The van der Waals surface area contributed by atoms with Crippen LogP contribution in [-0.4, -0.2) is 19.0 Å². The van der Waals surface area contributed by atoms with Gasteiger partial charge in [-0.2, -0.15) is 0 Å². The molecule has 1 atom stereocenters. The highest BCUT2D eigenvalue weighted by atomic mass is 16.2. The third-order valence-corrected chi connectivity index (χ3v) is 4.73. The predicted octanol–water partition coefficient (Wildman–Crippen LogP) is 3.58. The Kier molecular flexibility index (Phi) is 5.40. The van der Waals surface area contributed by atoms with Gasteiger partial charge in [-0.3, -0.25) is 4.79 Å². The number of benzene rings is 1. The summed E-state index contributed by atoms with van der Waals surface area (Å²) in [4.78, 5) is 15.1. The monoisotopic (exact) mass is 288 g/mol. The molecule has 1 aliphatic carbocycles. The minimum absolute atomic E-state index is 0.102. The van der Waals surface area contributed by atoms with Crippen molar-refractivity contribution in [2.45, 2.75) is 46.0 Å². The van der Waals surface area contributed by atoms with Crippen molar-refractivity contribution in [3.8, 4) is 0 Å². The van der Waals surface area contributed by atoms with E-state index in [0.717, 1.165) is 24.9 Å². The Morgan fingerprint density at radius 1 is 1.29 bits per heavy atom. The van der Waals surface area contributed by atoms with Crippen LogP contribution in [-0.2, 0) is 4.79 Å². The Balaban J connectivity index is 2.21. The van der Waals surface area contributed by atoms with Gasteiger partial charge in [-0.05, 0) is 43.4 Å². The number of hydrogen-bond donors (Lipinski definition) is 1. The summed E-state index contributed by atoms with van der Waals surface area (Å²) in [5.41, 5.74) is 6.75. The van der Waals surface area contributed by atoms with Crippen LogP contribution in [0.5, 0.6) is 0 Å². The van der Waals surface area contributed by atoms with E-state index in [1.807, 2.05) is 35.2 Å². The molecule has 116 valence electrons. The molecule has 3 nitrogen and oxygen atoms in total. The lowest BCUT2D eigenvalue weighted by Gasteiger charge is -2.40. The molecule has 0 spiro atoms. The van der Waals surface area contributed by atoms with Crippen molar-refractivity contribution in [3.05, 3.63) is 30.3 Å². The second kappa shape index (κ2) is 7.08. The Morgan fingerprint density at radius 2 is 2.00 bits per heavy atom. The summed E-state index contributed by atoms with van der Waals surface area (Å²) in [6, 6.07) is 10.0. The number of carbonyl (C=O) groups excluding carboxylic acids is 1. The minimum atomic E-state index is 0.102. The topological polar surface area (TPSA) is 46.3 Å². The van der Waals surface area contributed by atoms with Crippen molar-refractivity contribution in [1.29, 1.82) is 0 Å². The third kappa shape index (κ3) is 3.85. The van der Waals surface area contributed by atoms with Crippen LogP contribution in [0.4, 0.5) is 5.69 Å². The van der Waals surface area contributed by atoms with Gasteiger partial charge in [0.15, 0.2) is 0 Å². The van der Waals surface area contributed by atoms with E-state index < -0.39 is 0 Å². The molecule has 1 aromatic carbocycles. The fourth-order valence-corrected chi connectivity index (χ4v) is 3.36. The van der Waals surface area contributed by atoms with Crippen molar-refractivity contribution >= 4 is 11.6 Å². The second-order valence-corrected chi connectivity index (χ2v) is 6.75. The summed E-state index contributed by atoms with van der Waals surface area (Å²) in [5, 5.41) is 0. The largest absolute Gasteiger partial charge is 0.330 e. The summed E-state index contributed by atoms with van der Waals surface area (Å²) >= 11 is 0. The van der Waals surface area contributed by atoms with E-state index in [1.54, 1.807) is 0 Å². The van der Waals surface area contributed by atoms with Crippen molar-refractivity contribution in [2.75, 3.05) is 18.0 Å². The summed E-state index contributed by atoms with van der Waals surface area (Å²) in [6.07, 6.45) is 5.40. The first kappa shape index (κ1) is 16.0. The van der Waals surface area contributed by atoms with Gasteiger partial charge in [0.05, 0.1) is 0 Å². The van der Waals surface area contributed by atoms with Gasteiger partial charge >= 0.3 is 0 Å². The predicted molar refractivity (Wildman–Crippen MR) is 88.2 cm³/mol. The van der Waals surface area contributed by atoms with Crippen molar-refractivity contribution in [2.24, 2.45) is 17.1 Å². The Labute approximate surface area is 128 Å². The van der Waals surface area contributed by atoms with Crippen LogP contribution in [0.3, 0.4) is 0 Å². The number of nitrogens with two attached hydrogens (primary N) is 1. The lowest BCUT2D eigenvalue weighted by atomic mass is 9.68. The van der Waals surface area contributed by atoms with E-state index in [1.165, 1.54) is 12.8 Å². The highest BCUT2D eigenvalue weighted by molar-refractivity contribution is 5.95. The molecule has 2 rings (SSSR count). The van der Waals surface area contributed by atoms with E-state index in [2.05, 4.69) is 13.8 Å². The van der Waals surface area contributed by atoms with Gasteiger partial charge in [0.25, 0.3) is 0 Å². The summed E-state index contributed by atoms with van der Waals surface area (Å²) in [7, 11) is 0. The van der Waals surface area contributed by atoms with E-state index in [9.17, 15) is 4.79 Å². The molecule has 3 heteroatoms. The SMILES string of the molecule is CC1(C)CCCCC1C(=O)N(CCCN)c1ccccc1. The third-order valence-electron chi connectivity index (χ3n) is 4.73. The normalized spacial score (nSPS) is 21.0. The summed E-state index contributed by atoms with van der Waals surface area (Å²) in [6.45, 7) is 5.80. The molecule has 0 saturated heterocycles. The van der Waals surface area contributed by atoms with Crippen LogP contribution in [0.25, 0.3) is 0 Å². The summed E-state index contributed by atoms with van der Waals surface area (Å²) < 4.78 is 0.